The van der Waals surface area contributed by atoms with Gasteiger partial charge in [-0.05, 0) is 24.3 Å². The molecule has 2 aromatic heterocycles. The molecule has 0 unspecified atom stereocenters. The van der Waals surface area contributed by atoms with Gasteiger partial charge in [0.15, 0.2) is 11.6 Å². The maximum atomic E-state index is 12.0. The molecule has 2 heterocycles. The molecule has 1 amide bonds. The van der Waals surface area contributed by atoms with E-state index in [2.05, 4.69) is 15.5 Å². The summed E-state index contributed by atoms with van der Waals surface area (Å²) in [6, 6.07) is 10.8. The van der Waals surface area contributed by atoms with Crippen LogP contribution in [0.15, 0.2) is 62.9 Å². The smallest absolute Gasteiger partial charge is 0.291 e. The van der Waals surface area contributed by atoms with Crippen molar-refractivity contribution in [2.75, 3.05) is 5.32 Å². The first-order chi connectivity index (χ1) is 10.3. The predicted molar refractivity (Wildman–Crippen MR) is 77.0 cm³/mol. The molecule has 0 saturated carbocycles. The minimum absolute atomic E-state index is 0.271. The van der Waals surface area contributed by atoms with Crippen LogP contribution in [-0.4, -0.2) is 16.0 Å². The molecule has 7 heteroatoms. The number of hydrogen-bond donors (Lipinski definition) is 1. The molecule has 1 aromatic carbocycles. The molecule has 0 atom stereocenters. The van der Waals surface area contributed by atoms with E-state index in [1.165, 1.54) is 24.4 Å². The van der Waals surface area contributed by atoms with Crippen LogP contribution in [0.4, 0.5) is 5.69 Å². The van der Waals surface area contributed by atoms with Crippen LogP contribution in [-0.2, 0) is 5.75 Å². The number of carbonyl (C=O) groups is 1. The zero-order valence-corrected chi connectivity index (χ0v) is 11.7. The topological polar surface area (TPSA) is 81.2 Å². The fourth-order valence-corrected chi connectivity index (χ4v) is 2.55. The van der Waals surface area contributed by atoms with Crippen LogP contribution in [0.5, 0.6) is 0 Å². The molecule has 1 N–H and O–H groups in total. The summed E-state index contributed by atoms with van der Waals surface area (Å²) in [5, 5.41) is 6.58. The third-order valence-corrected chi connectivity index (χ3v) is 3.71. The SMILES string of the molecule is O=C(Nc1ccccc1SCc1ncon1)c1ccco1. The molecule has 0 aliphatic heterocycles. The van der Waals surface area contributed by atoms with Gasteiger partial charge in [-0.15, -0.1) is 11.8 Å². The molecule has 0 radical (unpaired) electrons. The minimum Gasteiger partial charge on any atom is -0.459 e. The third-order valence-electron chi connectivity index (χ3n) is 2.64. The van der Waals surface area contributed by atoms with Gasteiger partial charge in [0.1, 0.15) is 0 Å². The lowest BCUT2D eigenvalue weighted by Gasteiger charge is -2.08. The normalized spacial score (nSPS) is 10.5. The molecule has 0 saturated heterocycles. The number of furan rings is 1. The van der Waals surface area contributed by atoms with Gasteiger partial charge >= 0.3 is 0 Å². The molecular weight excluding hydrogens is 290 g/mol. The molecule has 3 rings (SSSR count). The lowest BCUT2D eigenvalue weighted by atomic mass is 10.3. The molecule has 3 aromatic rings. The van der Waals surface area contributed by atoms with Gasteiger partial charge in [-0.2, -0.15) is 4.98 Å². The molecule has 0 aliphatic rings. The zero-order valence-electron chi connectivity index (χ0n) is 10.9. The highest BCUT2D eigenvalue weighted by Crippen LogP contribution is 2.29. The summed E-state index contributed by atoms with van der Waals surface area (Å²) in [5.74, 6) is 1.15. The fourth-order valence-electron chi connectivity index (χ4n) is 1.69. The Morgan fingerprint density at radius 3 is 2.90 bits per heavy atom. The summed E-state index contributed by atoms with van der Waals surface area (Å²) in [6.07, 6.45) is 2.76. The third kappa shape index (κ3) is 3.32. The summed E-state index contributed by atoms with van der Waals surface area (Å²) < 4.78 is 9.77. The molecule has 0 spiro atoms. The summed E-state index contributed by atoms with van der Waals surface area (Å²) >= 11 is 1.51. The summed E-state index contributed by atoms with van der Waals surface area (Å²) in [5.41, 5.74) is 0.715. The van der Waals surface area contributed by atoms with E-state index in [1.807, 2.05) is 24.3 Å². The molecule has 21 heavy (non-hydrogen) atoms. The Balaban J connectivity index is 1.71. The van der Waals surface area contributed by atoms with Crippen LogP contribution >= 0.6 is 11.8 Å². The van der Waals surface area contributed by atoms with Crippen molar-refractivity contribution in [3.05, 3.63) is 60.6 Å². The highest BCUT2D eigenvalue weighted by atomic mass is 32.2. The van der Waals surface area contributed by atoms with Gasteiger partial charge in [-0.1, -0.05) is 17.3 Å². The standard InChI is InChI=1S/C14H11N3O3S/c18-14(11-5-3-7-19-11)16-10-4-1-2-6-12(10)21-8-13-15-9-20-17-13/h1-7,9H,8H2,(H,16,18). The molecule has 0 bridgehead atoms. The number of aromatic nitrogens is 2. The largest absolute Gasteiger partial charge is 0.459 e. The van der Waals surface area contributed by atoms with Gasteiger partial charge in [0.05, 0.1) is 17.7 Å². The quantitative estimate of drug-likeness (QED) is 0.729. The van der Waals surface area contributed by atoms with Crippen molar-refractivity contribution >= 4 is 23.4 Å². The van der Waals surface area contributed by atoms with Crippen molar-refractivity contribution < 1.29 is 13.7 Å². The van der Waals surface area contributed by atoms with Crippen molar-refractivity contribution in [3.63, 3.8) is 0 Å². The van der Waals surface area contributed by atoms with Crippen molar-refractivity contribution in [2.24, 2.45) is 0 Å². The first kappa shape index (κ1) is 13.4. The molecular formula is C14H11N3O3S. The molecule has 0 aliphatic carbocycles. The maximum Gasteiger partial charge on any atom is 0.291 e. The zero-order chi connectivity index (χ0) is 14.5. The Morgan fingerprint density at radius 1 is 1.24 bits per heavy atom. The van der Waals surface area contributed by atoms with E-state index in [0.717, 1.165) is 4.90 Å². The van der Waals surface area contributed by atoms with Crippen LogP contribution in [0.2, 0.25) is 0 Å². The summed E-state index contributed by atoms with van der Waals surface area (Å²) in [6.45, 7) is 0. The Morgan fingerprint density at radius 2 is 2.14 bits per heavy atom. The van der Waals surface area contributed by atoms with Gasteiger partial charge < -0.3 is 14.3 Å². The lowest BCUT2D eigenvalue weighted by Crippen LogP contribution is -2.11. The number of amides is 1. The van der Waals surface area contributed by atoms with Gasteiger partial charge in [0, 0.05) is 4.90 Å². The van der Waals surface area contributed by atoms with E-state index >= 15 is 0 Å². The van der Waals surface area contributed by atoms with E-state index in [9.17, 15) is 4.79 Å². The van der Waals surface area contributed by atoms with E-state index in [-0.39, 0.29) is 11.7 Å². The number of anilines is 1. The van der Waals surface area contributed by atoms with Gasteiger partial charge in [-0.3, -0.25) is 4.79 Å². The van der Waals surface area contributed by atoms with E-state index in [1.54, 1.807) is 12.1 Å². The first-order valence-corrected chi connectivity index (χ1v) is 7.13. The molecule has 6 nitrogen and oxygen atoms in total. The van der Waals surface area contributed by atoms with Crippen LogP contribution in [0.25, 0.3) is 0 Å². The lowest BCUT2D eigenvalue weighted by molar-refractivity contribution is 0.0996. The number of carbonyl (C=O) groups excluding carboxylic acids is 1. The number of rotatable bonds is 5. The number of nitrogens with one attached hydrogen (secondary N) is 1. The Bertz CT molecular complexity index is 711. The van der Waals surface area contributed by atoms with Crippen LogP contribution in [0, 0.1) is 0 Å². The van der Waals surface area contributed by atoms with Crippen molar-refractivity contribution in [3.8, 4) is 0 Å². The van der Waals surface area contributed by atoms with E-state index in [0.29, 0.717) is 17.3 Å². The van der Waals surface area contributed by atoms with Crippen molar-refractivity contribution in [1.82, 2.24) is 10.1 Å². The second-order valence-electron chi connectivity index (χ2n) is 4.06. The van der Waals surface area contributed by atoms with Crippen LogP contribution < -0.4 is 5.32 Å². The Labute approximate surface area is 124 Å². The van der Waals surface area contributed by atoms with Crippen molar-refractivity contribution in [2.45, 2.75) is 10.6 Å². The number of thioether (sulfide) groups is 1. The Kier molecular flexibility index (Phi) is 4.02. The average molecular weight is 301 g/mol. The fraction of sp³-hybridized carbons (Fsp3) is 0.0714. The summed E-state index contributed by atoms with van der Waals surface area (Å²) in [4.78, 5) is 16.9. The maximum absolute atomic E-state index is 12.0. The Hall–Kier alpha value is -2.54. The highest BCUT2D eigenvalue weighted by molar-refractivity contribution is 7.98. The second-order valence-corrected chi connectivity index (χ2v) is 5.08. The van der Waals surface area contributed by atoms with Gasteiger partial charge in [-0.25, -0.2) is 0 Å². The summed E-state index contributed by atoms with van der Waals surface area (Å²) in [7, 11) is 0. The van der Waals surface area contributed by atoms with Gasteiger partial charge in [0.25, 0.3) is 5.91 Å². The minimum atomic E-state index is -0.285. The average Bonchev–Trinajstić information content (AvgIpc) is 3.20. The second kappa shape index (κ2) is 6.27. The number of benzene rings is 1. The molecule has 106 valence electrons. The first-order valence-electron chi connectivity index (χ1n) is 6.15. The van der Waals surface area contributed by atoms with Gasteiger partial charge in [0.2, 0.25) is 6.39 Å². The predicted octanol–water partition coefficient (Wildman–Crippen LogP) is 3.21. The van der Waals surface area contributed by atoms with E-state index in [4.69, 9.17) is 8.94 Å². The highest BCUT2D eigenvalue weighted by Gasteiger charge is 2.12. The number of hydrogen-bond acceptors (Lipinski definition) is 6. The van der Waals surface area contributed by atoms with E-state index < -0.39 is 0 Å². The van der Waals surface area contributed by atoms with Crippen LogP contribution in [0.3, 0.4) is 0 Å². The van der Waals surface area contributed by atoms with Crippen LogP contribution in [0.1, 0.15) is 16.4 Å². The number of nitrogens with zero attached hydrogens (tertiary/aromatic N) is 2. The molecule has 0 fully saturated rings. The number of para-hydroxylation sites is 1. The monoisotopic (exact) mass is 301 g/mol. The van der Waals surface area contributed by atoms with Crippen molar-refractivity contribution in [1.29, 1.82) is 0 Å².